The molecule has 2 atom stereocenters. The molecule has 1 saturated heterocycles. The van der Waals surface area contributed by atoms with Crippen molar-refractivity contribution in [1.82, 2.24) is 14.6 Å². The average Bonchev–Trinajstić information content (AvgIpc) is 2.55. The molecule has 1 N–H and O–H groups in total. The van der Waals surface area contributed by atoms with Crippen LogP contribution in [0.25, 0.3) is 0 Å². The summed E-state index contributed by atoms with van der Waals surface area (Å²) in [6.45, 7) is 4.03. The summed E-state index contributed by atoms with van der Waals surface area (Å²) in [5.41, 5.74) is -0.225. The van der Waals surface area contributed by atoms with Gasteiger partial charge in [-0.05, 0) is 13.8 Å². The first-order chi connectivity index (χ1) is 12.0. The minimum atomic E-state index is -3.55. The number of hydrogen-bond donors (Lipinski definition) is 1. The number of rotatable bonds is 5. The third-order valence-electron chi connectivity index (χ3n) is 3.62. The van der Waals surface area contributed by atoms with Crippen LogP contribution in [0.3, 0.4) is 0 Å². The Kier molecular flexibility index (Phi) is 7.40. The molecule has 0 saturated carbocycles. The third-order valence-corrected chi connectivity index (χ3v) is 7.11. The van der Waals surface area contributed by atoms with Crippen molar-refractivity contribution >= 4 is 62.3 Å². The number of morpholine rings is 1. The minimum absolute atomic E-state index is 0.0620. The first-order valence-electron chi connectivity index (χ1n) is 7.64. The van der Waals surface area contributed by atoms with Crippen molar-refractivity contribution in [2.75, 3.05) is 25.4 Å². The molecule has 12 heteroatoms. The second-order valence-electron chi connectivity index (χ2n) is 5.84. The van der Waals surface area contributed by atoms with Gasteiger partial charge in [0.25, 0.3) is 5.91 Å². The molecule has 2 unspecified atom stereocenters. The Morgan fingerprint density at radius 3 is 2.31 bits per heavy atom. The van der Waals surface area contributed by atoms with E-state index in [0.29, 0.717) is 0 Å². The molecule has 1 aliphatic rings. The SMILES string of the molecule is CC1CN(S(=O)(=O)CCNC(=O)c2nc(Cl)c(Cl)c(Cl)c2Cl)CC(C)O1. The highest BCUT2D eigenvalue weighted by atomic mass is 35.5. The van der Waals surface area contributed by atoms with Gasteiger partial charge in [0.05, 0.1) is 33.0 Å². The Balaban J connectivity index is 2.00. The van der Waals surface area contributed by atoms with Gasteiger partial charge in [-0.25, -0.2) is 13.4 Å². The van der Waals surface area contributed by atoms with Crippen LogP contribution in [0.4, 0.5) is 0 Å². The molecule has 1 aromatic heterocycles. The summed E-state index contributed by atoms with van der Waals surface area (Å²) < 4.78 is 31.7. The summed E-state index contributed by atoms with van der Waals surface area (Å²) in [6.07, 6.45) is -0.381. The zero-order valence-corrected chi connectivity index (χ0v) is 17.8. The van der Waals surface area contributed by atoms with E-state index in [1.165, 1.54) is 4.31 Å². The number of ether oxygens (including phenoxy) is 1. The summed E-state index contributed by atoms with van der Waals surface area (Å²) in [6, 6.07) is 0. The summed E-state index contributed by atoms with van der Waals surface area (Å²) >= 11 is 23.4. The molecule has 0 radical (unpaired) electrons. The number of carbonyl (C=O) groups excluding carboxylic acids is 1. The molecule has 0 aliphatic carbocycles. The molecule has 2 heterocycles. The van der Waals surface area contributed by atoms with E-state index < -0.39 is 15.9 Å². The Labute approximate surface area is 171 Å². The summed E-state index contributed by atoms with van der Waals surface area (Å²) in [4.78, 5) is 16.0. The summed E-state index contributed by atoms with van der Waals surface area (Å²) in [7, 11) is -3.55. The first kappa shape index (κ1) is 21.9. The fourth-order valence-electron chi connectivity index (χ4n) is 2.50. The Hall–Kier alpha value is -0.350. The second kappa shape index (κ2) is 8.77. The lowest BCUT2D eigenvalue weighted by Gasteiger charge is -2.34. The molecule has 0 spiro atoms. The van der Waals surface area contributed by atoms with Crippen LogP contribution in [0.5, 0.6) is 0 Å². The molecule has 7 nitrogen and oxygen atoms in total. The van der Waals surface area contributed by atoms with E-state index in [2.05, 4.69) is 10.3 Å². The molecule has 1 fully saturated rings. The molecule has 1 aromatic rings. The number of nitrogens with zero attached hydrogens (tertiary/aromatic N) is 2. The van der Waals surface area contributed by atoms with Gasteiger partial charge in [-0.3, -0.25) is 4.79 Å². The number of hydrogen-bond acceptors (Lipinski definition) is 5. The Morgan fingerprint density at radius 2 is 1.73 bits per heavy atom. The zero-order valence-electron chi connectivity index (χ0n) is 13.9. The summed E-state index contributed by atoms with van der Waals surface area (Å²) in [5, 5.41) is 1.96. The van der Waals surface area contributed by atoms with Gasteiger partial charge in [0, 0.05) is 19.6 Å². The van der Waals surface area contributed by atoms with Crippen molar-refractivity contribution in [2.45, 2.75) is 26.1 Å². The molecule has 146 valence electrons. The van der Waals surface area contributed by atoms with Gasteiger partial charge in [0.15, 0.2) is 0 Å². The van der Waals surface area contributed by atoms with Gasteiger partial charge in [-0.1, -0.05) is 46.4 Å². The normalized spacial score (nSPS) is 21.6. The van der Waals surface area contributed by atoms with Gasteiger partial charge < -0.3 is 10.1 Å². The van der Waals surface area contributed by atoms with E-state index in [9.17, 15) is 13.2 Å². The third kappa shape index (κ3) is 5.13. The lowest BCUT2D eigenvalue weighted by atomic mass is 10.3. The fourth-order valence-corrected chi connectivity index (χ4v) is 4.81. The van der Waals surface area contributed by atoms with Gasteiger partial charge in [-0.2, -0.15) is 4.31 Å². The van der Waals surface area contributed by atoms with E-state index in [-0.39, 0.29) is 63.5 Å². The van der Waals surface area contributed by atoms with Crippen molar-refractivity contribution in [2.24, 2.45) is 0 Å². The molecular formula is C14H17Cl4N3O4S. The van der Waals surface area contributed by atoms with Crippen LogP contribution < -0.4 is 5.32 Å². The highest BCUT2D eigenvalue weighted by molar-refractivity contribution is 7.89. The highest BCUT2D eigenvalue weighted by Gasteiger charge is 2.31. The number of carbonyl (C=O) groups is 1. The van der Waals surface area contributed by atoms with Crippen molar-refractivity contribution in [1.29, 1.82) is 0 Å². The molecular weight excluding hydrogens is 448 g/mol. The lowest BCUT2D eigenvalue weighted by Crippen LogP contribution is -2.49. The molecule has 0 aromatic carbocycles. The van der Waals surface area contributed by atoms with Crippen LogP contribution in [0.1, 0.15) is 24.3 Å². The predicted molar refractivity (Wildman–Crippen MR) is 102 cm³/mol. The maximum Gasteiger partial charge on any atom is 0.271 e. The predicted octanol–water partition coefficient (Wildman–Crippen LogP) is 2.86. The van der Waals surface area contributed by atoms with Crippen LogP contribution in [-0.2, 0) is 14.8 Å². The van der Waals surface area contributed by atoms with Crippen LogP contribution >= 0.6 is 46.4 Å². The smallest absolute Gasteiger partial charge is 0.271 e. The number of sulfonamides is 1. The number of halogens is 4. The zero-order chi connectivity index (χ0) is 19.6. The monoisotopic (exact) mass is 463 g/mol. The van der Waals surface area contributed by atoms with E-state index in [1.807, 2.05) is 13.8 Å². The maximum atomic E-state index is 12.4. The van der Waals surface area contributed by atoms with Crippen molar-refractivity contribution in [3.05, 3.63) is 25.9 Å². The van der Waals surface area contributed by atoms with Crippen molar-refractivity contribution in [3.63, 3.8) is 0 Å². The van der Waals surface area contributed by atoms with Crippen molar-refractivity contribution < 1.29 is 17.9 Å². The summed E-state index contributed by atoms with van der Waals surface area (Å²) in [5.74, 6) is -0.973. The molecule has 2 rings (SSSR count). The van der Waals surface area contributed by atoms with Gasteiger partial charge in [-0.15, -0.1) is 0 Å². The van der Waals surface area contributed by atoms with Crippen LogP contribution in [-0.4, -0.2) is 61.2 Å². The topological polar surface area (TPSA) is 88.6 Å². The number of aromatic nitrogens is 1. The second-order valence-corrected chi connectivity index (χ2v) is 9.42. The highest BCUT2D eigenvalue weighted by Crippen LogP contribution is 2.35. The number of nitrogens with one attached hydrogen (secondary N) is 1. The van der Waals surface area contributed by atoms with Gasteiger partial charge in [0.2, 0.25) is 10.0 Å². The maximum absolute atomic E-state index is 12.4. The number of pyridine rings is 1. The fraction of sp³-hybridized carbons (Fsp3) is 0.571. The standard InChI is InChI=1S/C14H17Cl4N3O4S/c1-7-5-21(6-8(2)25-7)26(23,24)4-3-19-14(22)12-10(16)9(15)11(17)13(18)20-12/h7-8H,3-6H2,1-2H3,(H,19,22). The Morgan fingerprint density at radius 1 is 1.15 bits per heavy atom. The van der Waals surface area contributed by atoms with E-state index >= 15 is 0 Å². The van der Waals surface area contributed by atoms with Crippen LogP contribution in [0.15, 0.2) is 0 Å². The minimum Gasteiger partial charge on any atom is -0.373 e. The van der Waals surface area contributed by atoms with Gasteiger partial charge in [0.1, 0.15) is 10.8 Å². The Bertz CT molecular complexity index is 796. The van der Waals surface area contributed by atoms with Gasteiger partial charge >= 0.3 is 0 Å². The quantitative estimate of drug-likeness (QED) is 0.676. The molecule has 0 bridgehead atoms. The average molecular weight is 465 g/mol. The molecule has 1 amide bonds. The van der Waals surface area contributed by atoms with E-state index in [0.717, 1.165) is 0 Å². The largest absolute Gasteiger partial charge is 0.373 e. The van der Waals surface area contributed by atoms with Crippen molar-refractivity contribution in [3.8, 4) is 0 Å². The first-order valence-corrected chi connectivity index (χ1v) is 10.8. The number of amides is 1. The molecule has 26 heavy (non-hydrogen) atoms. The lowest BCUT2D eigenvalue weighted by molar-refractivity contribution is -0.0440. The van der Waals surface area contributed by atoms with Crippen LogP contribution in [0, 0.1) is 0 Å². The van der Waals surface area contributed by atoms with Crippen LogP contribution in [0.2, 0.25) is 20.2 Å². The van der Waals surface area contributed by atoms with E-state index in [1.54, 1.807) is 0 Å². The van der Waals surface area contributed by atoms with E-state index in [4.69, 9.17) is 51.1 Å². The molecule has 1 aliphatic heterocycles.